The van der Waals surface area contributed by atoms with Crippen molar-refractivity contribution < 1.29 is 29.0 Å². The highest BCUT2D eigenvalue weighted by Gasteiger charge is 2.75. The van der Waals surface area contributed by atoms with Gasteiger partial charge in [0.15, 0.2) is 0 Å². The Labute approximate surface area is 230 Å². The molecule has 4 heterocycles. The van der Waals surface area contributed by atoms with Gasteiger partial charge in [-0.05, 0) is 50.7 Å². The number of amides is 2. The molecule has 39 heavy (non-hydrogen) atoms. The molecule has 2 amide bonds. The van der Waals surface area contributed by atoms with Crippen LogP contribution in [-0.2, 0) is 23.9 Å². The van der Waals surface area contributed by atoms with Gasteiger partial charge in [-0.15, -0.1) is 0 Å². The SMILES string of the molecule is CC[C@@]12C=CCCOC(=O)[C@@H]1[C@H]1C(=O)N(CCCCCCO)C3C(=O)N(c4c(C)cccc4C)CC=C[C@@]31O2. The largest absolute Gasteiger partial charge is 0.465 e. The zero-order valence-electron chi connectivity index (χ0n) is 23.2. The number of aliphatic hydroxyl groups excluding tert-OH is 1. The summed E-state index contributed by atoms with van der Waals surface area (Å²) in [5, 5.41) is 9.17. The van der Waals surface area contributed by atoms with Crippen LogP contribution in [-0.4, -0.2) is 71.3 Å². The fourth-order valence-corrected chi connectivity index (χ4v) is 7.15. The Kier molecular flexibility index (Phi) is 7.71. The van der Waals surface area contributed by atoms with Crippen molar-refractivity contribution in [3.8, 4) is 0 Å². The van der Waals surface area contributed by atoms with Crippen molar-refractivity contribution in [3.05, 3.63) is 53.6 Å². The molecule has 1 aromatic carbocycles. The molecular weight excluding hydrogens is 496 g/mol. The molecule has 0 saturated carbocycles. The highest BCUT2D eigenvalue weighted by atomic mass is 16.6. The number of ether oxygens (including phenoxy) is 2. The van der Waals surface area contributed by atoms with Gasteiger partial charge in [0.05, 0.1) is 12.5 Å². The minimum atomic E-state index is -1.28. The van der Waals surface area contributed by atoms with Crippen LogP contribution < -0.4 is 4.90 Å². The standard InChI is InChI=1S/C31H40N2O6/c1-4-30-15-7-10-20-38-29(37)24(30)23-27(35)33(17-8-5-6-9-19-34)26-28(36)32(18-12-16-31(23,26)39-30)25-21(2)13-11-14-22(25)3/h7,11-16,23-24,26,34H,4-6,8-10,17-20H2,1-3H3/t23-,24-,26?,30+,31-/m0/s1. The fourth-order valence-electron chi connectivity index (χ4n) is 7.15. The van der Waals surface area contributed by atoms with E-state index in [0.717, 1.165) is 29.7 Å². The van der Waals surface area contributed by atoms with Gasteiger partial charge >= 0.3 is 5.97 Å². The number of fused-ring (bicyclic) bond motifs is 2. The summed E-state index contributed by atoms with van der Waals surface area (Å²) in [6.07, 6.45) is 11.8. The normalized spacial score (nSPS) is 31.9. The minimum Gasteiger partial charge on any atom is -0.465 e. The van der Waals surface area contributed by atoms with Crippen molar-refractivity contribution in [2.45, 2.75) is 76.5 Å². The van der Waals surface area contributed by atoms with Gasteiger partial charge in [-0.1, -0.05) is 62.3 Å². The van der Waals surface area contributed by atoms with Crippen LogP contribution in [0, 0.1) is 25.7 Å². The molecule has 1 unspecified atom stereocenters. The third-order valence-electron chi connectivity index (χ3n) is 8.92. The van der Waals surface area contributed by atoms with E-state index in [1.807, 2.05) is 63.3 Å². The number of aryl methyl sites for hydroxylation is 2. The Morgan fingerprint density at radius 1 is 0.974 bits per heavy atom. The van der Waals surface area contributed by atoms with Crippen LogP contribution in [0.3, 0.4) is 0 Å². The van der Waals surface area contributed by atoms with E-state index in [0.29, 0.717) is 38.8 Å². The predicted octanol–water partition coefficient (Wildman–Crippen LogP) is 3.62. The topological polar surface area (TPSA) is 96.4 Å². The van der Waals surface area contributed by atoms with Crippen molar-refractivity contribution in [1.82, 2.24) is 4.90 Å². The number of hydrogen-bond acceptors (Lipinski definition) is 6. The number of cyclic esters (lactones) is 1. The average molecular weight is 537 g/mol. The van der Waals surface area contributed by atoms with Gasteiger partial charge in [-0.2, -0.15) is 0 Å². The van der Waals surface area contributed by atoms with Crippen molar-refractivity contribution in [2.75, 3.05) is 31.2 Å². The maximum Gasteiger partial charge on any atom is 0.313 e. The fraction of sp³-hybridized carbons (Fsp3) is 0.581. The molecule has 1 spiro atoms. The van der Waals surface area contributed by atoms with E-state index >= 15 is 0 Å². The Hall–Kier alpha value is -2.97. The van der Waals surface area contributed by atoms with Gasteiger partial charge in [0.1, 0.15) is 23.2 Å². The predicted molar refractivity (Wildman–Crippen MR) is 147 cm³/mol. The maximum atomic E-state index is 14.6. The van der Waals surface area contributed by atoms with Crippen LogP contribution in [0.5, 0.6) is 0 Å². The number of hydrogen-bond donors (Lipinski definition) is 1. The third-order valence-corrected chi connectivity index (χ3v) is 8.92. The lowest BCUT2D eigenvalue weighted by atomic mass is 9.73. The van der Waals surface area contributed by atoms with E-state index in [4.69, 9.17) is 14.6 Å². The van der Waals surface area contributed by atoms with Gasteiger partial charge in [0.2, 0.25) is 5.91 Å². The summed E-state index contributed by atoms with van der Waals surface area (Å²) in [4.78, 5) is 45.9. The summed E-state index contributed by atoms with van der Waals surface area (Å²) in [6.45, 7) is 7.05. The van der Waals surface area contributed by atoms with Crippen LogP contribution >= 0.6 is 0 Å². The van der Waals surface area contributed by atoms with Crippen molar-refractivity contribution in [3.63, 3.8) is 0 Å². The van der Waals surface area contributed by atoms with Gasteiger partial charge in [-0.25, -0.2) is 0 Å². The van der Waals surface area contributed by atoms with E-state index in [2.05, 4.69) is 0 Å². The zero-order chi connectivity index (χ0) is 27.8. The summed E-state index contributed by atoms with van der Waals surface area (Å²) < 4.78 is 12.6. The molecule has 5 atom stereocenters. The second-order valence-corrected chi connectivity index (χ2v) is 11.2. The van der Waals surface area contributed by atoms with Crippen LogP contribution in [0.15, 0.2) is 42.5 Å². The highest BCUT2D eigenvalue weighted by Crippen LogP contribution is 2.58. The zero-order valence-corrected chi connectivity index (χ0v) is 23.2. The Morgan fingerprint density at radius 2 is 1.72 bits per heavy atom. The van der Waals surface area contributed by atoms with E-state index in [9.17, 15) is 14.4 Å². The van der Waals surface area contributed by atoms with Crippen LogP contribution in [0.25, 0.3) is 0 Å². The number of benzene rings is 1. The van der Waals surface area contributed by atoms with Gasteiger partial charge in [0, 0.05) is 25.4 Å². The quantitative estimate of drug-likeness (QED) is 0.310. The number of unbranched alkanes of at least 4 members (excludes halogenated alkanes) is 3. The summed E-state index contributed by atoms with van der Waals surface area (Å²) in [7, 11) is 0. The summed E-state index contributed by atoms with van der Waals surface area (Å²) >= 11 is 0. The molecule has 2 saturated heterocycles. The highest BCUT2D eigenvalue weighted by molar-refractivity contribution is 6.06. The van der Waals surface area contributed by atoms with E-state index in [1.165, 1.54) is 0 Å². The summed E-state index contributed by atoms with van der Waals surface area (Å²) in [5.41, 5.74) is 0.501. The monoisotopic (exact) mass is 536 g/mol. The molecule has 4 aliphatic rings. The Morgan fingerprint density at radius 3 is 2.44 bits per heavy atom. The maximum absolute atomic E-state index is 14.6. The second kappa shape index (κ2) is 10.9. The molecular formula is C31H40N2O6. The first kappa shape index (κ1) is 27.6. The molecule has 0 bridgehead atoms. The number of likely N-dealkylation sites (tertiary alicyclic amines) is 1. The molecule has 0 aliphatic carbocycles. The molecule has 210 valence electrons. The number of carbonyl (C=O) groups excluding carboxylic acids is 3. The lowest BCUT2D eigenvalue weighted by Crippen LogP contribution is -2.56. The number of esters is 1. The molecule has 1 N–H and O–H groups in total. The van der Waals surface area contributed by atoms with E-state index in [1.54, 1.807) is 9.80 Å². The smallest absolute Gasteiger partial charge is 0.313 e. The lowest BCUT2D eigenvalue weighted by Gasteiger charge is -2.39. The number of carbonyl (C=O) groups is 3. The molecule has 0 aromatic heterocycles. The molecule has 4 aliphatic heterocycles. The van der Waals surface area contributed by atoms with Crippen LogP contribution in [0.4, 0.5) is 5.69 Å². The number of para-hydroxylation sites is 1. The Balaban J connectivity index is 1.61. The third kappa shape index (κ3) is 4.42. The Bertz CT molecular complexity index is 1170. The van der Waals surface area contributed by atoms with Crippen molar-refractivity contribution in [1.29, 1.82) is 0 Å². The molecule has 5 rings (SSSR count). The lowest BCUT2D eigenvalue weighted by molar-refractivity contribution is -0.160. The van der Waals surface area contributed by atoms with E-state index < -0.39 is 35.0 Å². The number of rotatable bonds is 8. The second-order valence-electron chi connectivity index (χ2n) is 11.2. The van der Waals surface area contributed by atoms with Crippen molar-refractivity contribution in [2.24, 2.45) is 11.8 Å². The number of nitrogens with zero attached hydrogens (tertiary/aromatic N) is 2. The van der Waals surface area contributed by atoms with Crippen molar-refractivity contribution >= 4 is 23.5 Å². The molecule has 0 radical (unpaired) electrons. The molecule has 2 fully saturated rings. The van der Waals surface area contributed by atoms with Gasteiger partial charge in [0.25, 0.3) is 5.91 Å². The molecule has 8 heteroatoms. The first-order valence-corrected chi connectivity index (χ1v) is 14.3. The molecule has 8 nitrogen and oxygen atoms in total. The summed E-state index contributed by atoms with van der Waals surface area (Å²) in [5.74, 6) is -2.54. The average Bonchev–Trinajstić information content (AvgIpc) is 3.25. The van der Waals surface area contributed by atoms with Crippen LogP contribution in [0.1, 0.15) is 56.6 Å². The summed E-state index contributed by atoms with van der Waals surface area (Å²) in [6, 6.07) is 5.05. The minimum absolute atomic E-state index is 0.134. The van der Waals surface area contributed by atoms with E-state index in [-0.39, 0.29) is 25.0 Å². The first-order chi connectivity index (χ1) is 18.8. The van der Waals surface area contributed by atoms with Gasteiger partial charge < -0.3 is 24.4 Å². The number of aliphatic hydroxyl groups is 1. The number of anilines is 1. The van der Waals surface area contributed by atoms with Gasteiger partial charge in [-0.3, -0.25) is 14.4 Å². The molecule has 1 aromatic rings. The first-order valence-electron chi connectivity index (χ1n) is 14.3. The van der Waals surface area contributed by atoms with Crippen LogP contribution in [0.2, 0.25) is 0 Å².